The average Bonchev–Trinajstić information content (AvgIpc) is 2.99. The van der Waals surface area contributed by atoms with Gasteiger partial charge in [-0.05, 0) is 18.1 Å². The molecule has 2 N–H and O–H groups in total. The molecule has 2 heterocycles. The van der Waals surface area contributed by atoms with Crippen LogP contribution >= 0.6 is 15.9 Å². The zero-order valence-electron chi connectivity index (χ0n) is 9.73. The predicted octanol–water partition coefficient (Wildman–Crippen LogP) is 3.19. The molecule has 0 aliphatic carbocycles. The Kier molecular flexibility index (Phi) is 3.09. The second-order valence-corrected chi connectivity index (χ2v) is 5.27. The Morgan fingerprint density at radius 1 is 1.33 bits per heavy atom. The Morgan fingerprint density at radius 3 is 2.83 bits per heavy atom. The smallest absolute Gasteiger partial charge is 0.222 e. The first kappa shape index (κ1) is 11.7. The normalized spacial score (nSPS) is 19.3. The van der Waals surface area contributed by atoms with Crippen molar-refractivity contribution in [3.8, 4) is 11.3 Å². The number of benzene rings is 1. The van der Waals surface area contributed by atoms with E-state index in [1.165, 1.54) is 5.56 Å². The van der Waals surface area contributed by atoms with Gasteiger partial charge in [0.15, 0.2) is 0 Å². The van der Waals surface area contributed by atoms with Crippen molar-refractivity contribution >= 4 is 21.8 Å². The Morgan fingerprint density at radius 2 is 2.22 bits per heavy atom. The van der Waals surface area contributed by atoms with Gasteiger partial charge in [0.2, 0.25) is 5.88 Å². The Hall–Kier alpha value is -1.33. The van der Waals surface area contributed by atoms with Crippen molar-refractivity contribution in [2.24, 2.45) is 0 Å². The largest absolute Gasteiger partial charge is 0.381 e. The molecule has 0 bridgehead atoms. The van der Waals surface area contributed by atoms with Gasteiger partial charge < -0.3 is 15.0 Å². The van der Waals surface area contributed by atoms with E-state index in [-0.39, 0.29) is 0 Å². The molecular formula is C13H13BrN2O2. The Bertz CT molecular complexity index is 562. The highest BCUT2D eigenvalue weighted by atomic mass is 79.9. The first-order chi connectivity index (χ1) is 8.74. The van der Waals surface area contributed by atoms with Crippen molar-refractivity contribution in [1.29, 1.82) is 0 Å². The van der Waals surface area contributed by atoms with Crippen LogP contribution in [0.4, 0.5) is 5.88 Å². The number of nitrogens with zero attached hydrogens (tertiary/aromatic N) is 1. The molecule has 94 valence electrons. The van der Waals surface area contributed by atoms with E-state index in [0.717, 1.165) is 35.4 Å². The highest BCUT2D eigenvalue weighted by Gasteiger charge is 2.20. The summed E-state index contributed by atoms with van der Waals surface area (Å²) in [5.74, 6) is 0.810. The quantitative estimate of drug-likeness (QED) is 0.925. The highest BCUT2D eigenvalue weighted by Crippen LogP contribution is 2.34. The molecule has 5 heteroatoms. The molecule has 1 unspecified atom stereocenters. The maximum atomic E-state index is 5.53. The number of hydrogen-bond donors (Lipinski definition) is 1. The third-order valence-corrected chi connectivity index (χ3v) is 3.88. The fraction of sp³-hybridized carbons (Fsp3) is 0.308. The zero-order valence-corrected chi connectivity index (χ0v) is 11.3. The maximum Gasteiger partial charge on any atom is 0.222 e. The molecule has 18 heavy (non-hydrogen) atoms. The lowest BCUT2D eigenvalue weighted by Gasteiger charge is -2.11. The molecule has 0 spiro atoms. The van der Waals surface area contributed by atoms with Crippen molar-refractivity contribution < 1.29 is 9.26 Å². The molecule has 0 radical (unpaired) electrons. The summed E-state index contributed by atoms with van der Waals surface area (Å²) in [6.45, 7) is 1.65. The topological polar surface area (TPSA) is 61.3 Å². The molecule has 4 nitrogen and oxygen atoms in total. The summed E-state index contributed by atoms with van der Waals surface area (Å²) < 4.78 is 11.4. The minimum Gasteiger partial charge on any atom is -0.381 e. The molecule has 1 aromatic carbocycles. The van der Waals surface area contributed by atoms with Crippen LogP contribution in [0.25, 0.3) is 11.3 Å². The lowest BCUT2D eigenvalue weighted by molar-refractivity contribution is 0.194. The van der Waals surface area contributed by atoms with Crippen molar-refractivity contribution in [1.82, 2.24) is 5.16 Å². The molecule has 1 saturated heterocycles. The Balaban J connectivity index is 1.93. The standard InChI is InChI=1S/C13H13BrN2O2/c14-11-5-8(12-6-13(15)18-16-12)1-2-10(11)9-3-4-17-7-9/h1-2,5-6,9H,3-4,7,15H2. The number of nitrogens with two attached hydrogens (primary N) is 1. The monoisotopic (exact) mass is 308 g/mol. The van der Waals surface area contributed by atoms with Crippen LogP contribution in [-0.4, -0.2) is 18.4 Å². The summed E-state index contributed by atoms with van der Waals surface area (Å²) in [6.07, 6.45) is 1.08. The van der Waals surface area contributed by atoms with Gasteiger partial charge in [0.1, 0.15) is 5.69 Å². The van der Waals surface area contributed by atoms with Gasteiger partial charge in [0, 0.05) is 28.6 Å². The van der Waals surface area contributed by atoms with Gasteiger partial charge in [-0.25, -0.2) is 0 Å². The maximum absolute atomic E-state index is 5.53. The van der Waals surface area contributed by atoms with Crippen molar-refractivity contribution in [3.63, 3.8) is 0 Å². The van der Waals surface area contributed by atoms with E-state index < -0.39 is 0 Å². The Labute approximate surface area is 113 Å². The molecule has 0 saturated carbocycles. The van der Waals surface area contributed by atoms with Crippen molar-refractivity contribution in [2.45, 2.75) is 12.3 Å². The lowest BCUT2D eigenvalue weighted by Crippen LogP contribution is -1.98. The molecule has 1 fully saturated rings. The molecule has 3 rings (SSSR count). The first-order valence-corrected chi connectivity index (χ1v) is 6.63. The van der Waals surface area contributed by atoms with Gasteiger partial charge in [0.25, 0.3) is 0 Å². The number of rotatable bonds is 2. The summed E-state index contributed by atoms with van der Waals surface area (Å²) in [4.78, 5) is 0. The summed E-state index contributed by atoms with van der Waals surface area (Å²) in [6, 6.07) is 7.92. The van der Waals surface area contributed by atoms with Gasteiger partial charge in [-0.1, -0.05) is 33.2 Å². The number of halogens is 1. The van der Waals surface area contributed by atoms with Crippen LogP contribution in [0.2, 0.25) is 0 Å². The van der Waals surface area contributed by atoms with Crippen LogP contribution in [0.1, 0.15) is 17.9 Å². The molecule has 1 aliphatic heterocycles. The minimum atomic E-state index is 0.328. The number of anilines is 1. The zero-order chi connectivity index (χ0) is 12.5. The third kappa shape index (κ3) is 2.15. The van der Waals surface area contributed by atoms with Crippen LogP contribution in [0.15, 0.2) is 33.3 Å². The molecule has 2 aromatic rings. The average molecular weight is 309 g/mol. The van der Waals surface area contributed by atoms with Crippen molar-refractivity contribution in [3.05, 3.63) is 34.3 Å². The van der Waals surface area contributed by atoms with Crippen LogP contribution in [0.5, 0.6) is 0 Å². The van der Waals surface area contributed by atoms with Gasteiger partial charge in [-0.3, -0.25) is 0 Å². The number of nitrogen functional groups attached to an aromatic ring is 1. The van der Waals surface area contributed by atoms with Crippen molar-refractivity contribution in [2.75, 3.05) is 18.9 Å². The van der Waals surface area contributed by atoms with Gasteiger partial charge >= 0.3 is 0 Å². The van der Waals surface area contributed by atoms with Crippen LogP contribution in [-0.2, 0) is 4.74 Å². The fourth-order valence-corrected chi connectivity index (χ4v) is 2.93. The summed E-state index contributed by atoms with van der Waals surface area (Å²) >= 11 is 3.62. The molecule has 1 atom stereocenters. The predicted molar refractivity (Wildman–Crippen MR) is 72.2 cm³/mol. The van der Waals surface area contributed by atoms with Gasteiger partial charge in [-0.15, -0.1) is 0 Å². The minimum absolute atomic E-state index is 0.328. The molecule has 1 aromatic heterocycles. The number of ether oxygens (including phenoxy) is 1. The summed E-state index contributed by atoms with van der Waals surface area (Å²) in [5.41, 5.74) is 8.55. The van der Waals surface area contributed by atoms with Crippen LogP contribution < -0.4 is 5.73 Å². The van der Waals surface area contributed by atoms with E-state index in [4.69, 9.17) is 15.0 Å². The fourth-order valence-electron chi connectivity index (χ4n) is 2.22. The van der Waals surface area contributed by atoms with Crippen LogP contribution in [0.3, 0.4) is 0 Å². The third-order valence-electron chi connectivity index (χ3n) is 3.19. The summed E-state index contributed by atoms with van der Waals surface area (Å²) in [5, 5.41) is 3.91. The van der Waals surface area contributed by atoms with E-state index >= 15 is 0 Å². The van der Waals surface area contributed by atoms with Crippen LogP contribution in [0, 0.1) is 0 Å². The number of aromatic nitrogens is 1. The van der Waals surface area contributed by atoms with Gasteiger partial charge in [0.05, 0.1) is 6.61 Å². The second-order valence-electron chi connectivity index (χ2n) is 4.41. The van der Waals surface area contributed by atoms with E-state index in [1.54, 1.807) is 6.07 Å². The van der Waals surface area contributed by atoms with E-state index in [1.807, 2.05) is 12.1 Å². The van der Waals surface area contributed by atoms with E-state index in [0.29, 0.717) is 11.8 Å². The highest BCUT2D eigenvalue weighted by molar-refractivity contribution is 9.10. The first-order valence-electron chi connectivity index (χ1n) is 5.84. The van der Waals surface area contributed by atoms with E-state index in [9.17, 15) is 0 Å². The molecule has 0 amide bonds. The molecule has 1 aliphatic rings. The second kappa shape index (κ2) is 4.74. The van der Waals surface area contributed by atoms with Gasteiger partial charge in [-0.2, -0.15) is 0 Å². The number of hydrogen-bond acceptors (Lipinski definition) is 4. The molecular weight excluding hydrogens is 296 g/mol. The summed E-state index contributed by atoms with van der Waals surface area (Å²) in [7, 11) is 0. The SMILES string of the molecule is Nc1cc(-c2ccc(C3CCOC3)c(Br)c2)no1. The lowest BCUT2D eigenvalue weighted by atomic mass is 9.97. The van der Waals surface area contributed by atoms with E-state index in [2.05, 4.69) is 27.2 Å².